The summed E-state index contributed by atoms with van der Waals surface area (Å²) in [6.07, 6.45) is 2.55. The van der Waals surface area contributed by atoms with E-state index in [4.69, 9.17) is 10.4 Å². The van der Waals surface area contributed by atoms with Crippen LogP contribution in [-0.2, 0) is 4.79 Å². The molecule has 1 N–H and O–H groups in total. The fourth-order valence-corrected chi connectivity index (χ4v) is 1.99. The van der Waals surface area contributed by atoms with Crippen molar-refractivity contribution in [2.75, 3.05) is 18.0 Å². The zero-order chi connectivity index (χ0) is 12.3. The maximum Gasteiger partial charge on any atom is 0.303 e. The average molecular weight is 232 g/mol. The molecule has 1 saturated heterocycles. The van der Waals surface area contributed by atoms with Gasteiger partial charge in [0.15, 0.2) is 0 Å². The fraction of sp³-hybridized carbons (Fsp3) is 0.455. The number of carbonyl (C=O) groups is 1. The molecule has 0 aliphatic carbocycles. The van der Waals surface area contributed by atoms with Crippen LogP contribution in [0.25, 0.3) is 0 Å². The molecule has 88 valence electrons. The van der Waals surface area contributed by atoms with E-state index < -0.39 is 5.97 Å². The van der Waals surface area contributed by atoms with Crippen LogP contribution in [0.4, 0.5) is 5.95 Å². The molecular formula is C11H12N4O2. The largest absolute Gasteiger partial charge is 0.481 e. The highest BCUT2D eigenvalue weighted by Gasteiger charge is 2.26. The molecule has 2 heterocycles. The van der Waals surface area contributed by atoms with E-state index in [-0.39, 0.29) is 12.3 Å². The molecular weight excluding hydrogens is 220 g/mol. The molecule has 6 heteroatoms. The Labute approximate surface area is 98.5 Å². The lowest BCUT2D eigenvalue weighted by Gasteiger charge is -2.15. The number of carboxylic acids is 1. The number of aliphatic carboxylic acids is 1. The Kier molecular flexibility index (Phi) is 3.19. The highest BCUT2D eigenvalue weighted by molar-refractivity contribution is 5.67. The van der Waals surface area contributed by atoms with Gasteiger partial charge in [0, 0.05) is 25.7 Å². The van der Waals surface area contributed by atoms with Crippen molar-refractivity contribution in [2.24, 2.45) is 5.92 Å². The fourth-order valence-electron chi connectivity index (χ4n) is 1.99. The third-order valence-corrected chi connectivity index (χ3v) is 2.79. The Morgan fingerprint density at radius 2 is 2.53 bits per heavy atom. The topological polar surface area (TPSA) is 90.1 Å². The van der Waals surface area contributed by atoms with Gasteiger partial charge in [-0.1, -0.05) is 0 Å². The first kappa shape index (κ1) is 11.3. The maximum atomic E-state index is 10.6. The first-order valence-electron chi connectivity index (χ1n) is 5.39. The van der Waals surface area contributed by atoms with Gasteiger partial charge in [-0.3, -0.25) is 4.79 Å². The standard InChI is InChI=1S/C11H12N4O2/c12-6-9-1-3-13-11(14-9)15-4-2-8(7-15)5-10(16)17/h1,3,8H,2,4-5,7H2,(H,16,17). The van der Waals surface area contributed by atoms with E-state index in [1.807, 2.05) is 11.0 Å². The Bertz CT molecular complexity index is 469. The van der Waals surface area contributed by atoms with E-state index in [0.717, 1.165) is 13.0 Å². The van der Waals surface area contributed by atoms with Gasteiger partial charge in [-0.25, -0.2) is 9.97 Å². The normalized spacial score (nSPS) is 19.0. The lowest BCUT2D eigenvalue weighted by molar-refractivity contribution is -0.137. The number of hydrogen-bond donors (Lipinski definition) is 1. The van der Waals surface area contributed by atoms with Crippen molar-refractivity contribution in [1.29, 1.82) is 5.26 Å². The molecule has 0 bridgehead atoms. The van der Waals surface area contributed by atoms with E-state index >= 15 is 0 Å². The van der Waals surface area contributed by atoms with Crippen LogP contribution in [0, 0.1) is 17.2 Å². The summed E-state index contributed by atoms with van der Waals surface area (Å²) in [5.41, 5.74) is 0.330. The molecule has 1 aliphatic rings. The highest BCUT2D eigenvalue weighted by Crippen LogP contribution is 2.22. The van der Waals surface area contributed by atoms with Crippen LogP contribution < -0.4 is 4.90 Å². The molecule has 1 fully saturated rings. The predicted molar refractivity (Wildman–Crippen MR) is 59.3 cm³/mol. The SMILES string of the molecule is N#Cc1ccnc(N2CCC(CC(=O)O)C2)n1. The number of carboxylic acid groups (broad SMARTS) is 1. The number of aromatic nitrogens is 2. The van der Waals surface area contributed by atoms with Crippen molar-refractivity contribution < 1.29 is 9.90 Å². The van der Waals surface area contributed by atoms with Crippen molar-refractivity contribution in [1.82, 2.24) is 9.97 Å². The molecule has 2 rings (SSSR count). The summed E-state index contributed by atoms with van der Waals surface area (Å²) in [4.78, 5) is 20.7. The third kappa shape index (κ3) is 2.69. The van der Waals surface area contributed by atoms with Crippen molar-refractivity contribution in [3.63, 3.8) is 0 Å². The monoisotopic (exact) mass is 232 g/mol. The smallest absolute Gasteiger partial charge is 0.303 e. The van der Waals surface area contributed by atoms with Crippen molar-refractivity contribution in [3.05, 3.63) is 18.0 Å². The molecule has 6 nitrogen and oxygen atoms in total. The first-order chi connectivity index (χ1) is 8.19. The minimum absolute atomic E-state index is 0.141. The molecule has 1 unspecified atom stereocenters. The van der Waals surface area contributed by atoms with Gasteiger partial charge in [0.25, 0.3) is 0 Å². The van der Waals surface area contributed by atoms with E-state index in [1.165, 1.54) is 0 Å². The maximum absolute atomic E-state index is 10.6. The zero-order valence-corrected chi connectivity index (χ0v) is 9.20. The summed E-state index contributed by atoms with van der Waals surface area (Å²) in [7, 11) is 0. The highest BCUT2D eigenvalue weighted by atomic mass is 16.4. The lowest BCUT2D eigenvalue weighted by atomic mass is 10.1. The van der Waals surface area contributed by atoms with Gasteiger partial charge >= 0.3 is 5.97 Å². The van der Waals surface area contributed by atoms with Crippen LogP contribution in [0.1, 0.15) is 18.5 Å². The quantitative estimate of drug-likeness (QED) is 0.822. The van der Waals surface area contributed by atoms with Gasteiger partial charge in [-0.05, 0) is 18.4 Å². The van der Waals surface area contributed by atoms with E-state index in [9.17, 15) is 4.79 Å². The van der Waals surface area contributed by atoms with Crippen molar-refractivity contribution in [3.8, 4) is 6.07 Å². The van der Waals surface area contributed by atoms with Gasteiger partial charge in [-0.15, -0.1) is 0 Å². The zero-order valence-electron chi connectivity index (χ0n) is 9.20. The summed E-state index contributed by atoms with van der Waals surface area (Å²) in [5, 5.41) is 17.5. The molecule has 1 aromatic rings. The molecule has 0 radical (unpaired) electrons. The van der Waals surface area contributed by atoms with Crippen LogP contribution in [-0.4, -0.2) is 34.1 Å². The van der Waals surface area contributed by atoms with E-state index in [2.05, 4.69) is 9.97 Å². The van der Waals surface area contributed by atoms with E-state index in [1.54, 1.807) is 12.3 Å². The van der Waals surface area contributed by atoms with Gasteiger partial charge in [-0.2, -0.15) is 5.26 Å². The summed E-state index contributed by atoms with van der Waals surface area (Å²) >= 11 is 0. The second-order valence-corrected chi connectivity index (χ2v) is 4.05. The Morgan fingerprint density at radius 3 is 3.24 bits per heavy atom. The molecule has 0 spiro atoms. The van der Waals surface area contributed by atoms with Crippen molar-refractivity contribution >= 4 is 11.9 Å². The second kappa shape index (κ2) is 4.78. The molecule has 0 saturated carbocycles. The van der Waals surface area contributed by atoms with E-state index in [0.29, 0.717) is 18.2 Å². The summed E-state index contributed by atoms with van der Waals surface area (Å²) in [5.74, 6) is -0.123. The Balaban J connectivity index is 2.05. The predicted octanol–water partition coefficient (Wildman–Crippen LogP) is 0.649. The third-order valence-electron chi connectivity index (χ3n) is 2.79. The summed E-state index contributed by atoms with van der Waals surface area (Å²) in [6, 6.07) is 3.51. The Hall–Kier alpha value is -2.16. The van der Waals surface area contributed by atoms with Crippen LogP contribution in [0.3, 0.4) is 0 Å². The molecule has 1 aliphatic heterocycles. The van der Waals surface area contributed by atoms with Crippen LogP contribution in [0.15, 0.2) is 12.3 Å². The molecule has 1 atom stereocenters. The average Bonchev–Trinajstić information content (AvgIpc) is 2.77. The molecule has 1 aromatic heterocycles. The van der Waals surface area contributed by atoms with Crippen molar-refractivity contribution in [2.45, 2.75) is 12.8 Å². The van der Waals surface area contributed by atoms with Crippen LogP contribution in [0.2, 0.25) is 0 Å². The van der Waals surface area contributed by atoms with Gasteiger partial charge in [0.2, 0.25) is 5.95 Å². The second-order valence-electron chi connectivity index (χ2n) is 4.05. The summed E-state index contributed by atoms with van der Waals surface area (Å²) < 4.78 is 0. The van der Waals surface area contributed by atoms with Gasteiger partial charge < -0.3 is 10.0 Å². The number of nitrogens with zero attached hydrogens (tertiary/aromatic N) is 4. The molecule has 0 aromatic carbocycles. The van der Waals surface area contributed by atoms with Crippen LogP contribution in [0.5, 0.6) is 0 Å². The minimum Gasteiger partial charge on any atom is -0.481 e. The van der Waals surface area contributed by atoms with Crippen LogP contribution >= 0.6 is 0 Å². The number of hydrogen-bond acceptors (Lipinski definition) is 5. The summed E-state index contributed by atoms with van der Waals surface area (Å²) in [6.45, 7) is 1.38. The number of anilines is 1. The van der Waals surface area contributed by atoms with Gasteiger partial charge in [0.1, 0.15) is 11.8 Å². The number of rotatable bonds is 3. The lowest BCUT2D eigenvalue weighted by Crippen LogP contribution is -2.22. The van der Waals surface area contributed by atoms with Gasteiger partial charge in [0.05, 0.1) is 0 Å². The molecule has 0 amide bonds. The molecule has 17 heavy (non-hydrogen) atoms. The number of nitriles is 1. The Morgan fingerprint density at radius 1 is 1.71 bits per heavy atom. The minimum atomic E-state index is -0.774. The first-order valence-corrected chi connectivity index (χ1v) is 5.39.